The lowest BCUT2D eigenvalue weighted by Gasteiger charge is -2.41. The van der Waals surface area contributed by atoms with Gasteiger partial charge in [-0.25, -0.2) is 4.79 Å². The number of fused-ring (bicyclic) bond motifs is 1. The number of hydrogen-bond acceptors (Lipinski definition) is 4. The minimum absolute atomic E-state index is 0.186. The number of hydrogen-bond donors (Lipinski definition) is 2. The highest BCUT2D eigenvalue weighted by molar-refractivity contribution is 5.68. The average Bonchev–Trinajstić information content (AvgIpc) is 2.48. The normalized spacial score (nSPS) is 29.3. The van der Waals surface area contributed by atoms with Gasteiger partial charge in [0.25, 0.3) is 0 Å². The molecule has 0 aromatic rings. The van der Waals surface area contributed by atoms with Gasteiger partial charge >= 0.3 is 6.09 Å². The Bertz CT molecular complexity index is 505. The zero-order chi connectivity index (χ0) is 17.4. The zero-order valence-electron chi connectivity index (χ0n) is 15.3. The molecule has 3 aliphatic rings. The number of carbonyl (C=O) groups is 1. The van der Waals surface area contributed by atoms with E-state index in [-0.39, 0.29) is 6.09 Å². The molecule has 1 aliphatic heterocycles. The third kappa shape index (κ3) is 4.31. The maximum Gasteiger partial charge on any atom is 0.410 e. The molecule has 1 saturated carbocycles. The van der Waals surface area contributed by atoms with Crippen LogP contribution >= 0.6 is 0 Å². The van der Waals surface area contributed by atoms with Crippen LogP contribution in [0.3, 0.4) is 0 Å². The van der Waals surface area contributed by atoms with Crippen LogP contribution in [0, 0.1) is 5.92 Å². The van der Waals surface area contributed by atoms with Gasteiger partial charge in [0.1, 0.15) is 5.60 Å². The van der Waals surface area contributed by atoms with Gasteiger partial charge in [0, 0.05) is 25.7 Å². The van der Waals surface area contributed by atoms with Crippen LogP contribution < -0.4 is 5.32 Å². The second kappa shape index (κ2) is 6.68. The molecule has 24 heavy (non-hydrogen) atoms. The first-order valence-electron chi connectivity index (χ1n) is 9.38. The molecule has 2 aliphatic carbocycles. The van der Waals surface area contributed by atoms with E-state index >= 15 is 0 Å². The van der Waals surface area contributed by atoms with Crippen molar-refractivity contribution in [2.75, 3.05) is 19.6 Å². The smallest absolute Gasteiger partial charge is 0.410 e. The van der Waals surface area contributed by atoms with E-state index in [1.54, 1.807) is 0 Å². The van der Waals surface area contributed by atoms with Gasteiger partial charge in [-0.2, -0.15) is 0 Å². The molecule has 5 heteroatoms. The summed E-state index contributed by atoms with van der Waals surface area (Å²) < 4.78 is 5.50. The molecule has 1 heterocycles. The molecule has 3 rings (SSSR count). The van der Waals surface area contributed by atoms with Crippen molar-refractivity contribution in [3.8, 4) is 0 Å². The molecular formula is C19H32N2O3. The van der Waals surface area contributed by atoms with E-state index < -0.39 is 11.2 Å². The van der Waals surface area contributed by atoms with Gasteiger partial charge < -0.3 is 20.1 Å². The van der Waals surface area contributed by atoms with Crippen LogP contribution in [-0.4, -0.2) is 53.0 Å². The highest BCUT2D eigenvalue weighted by Gasteiger charge is 2.36. The van der Waals surface area contributed by atoms with Crippen LogP contribution in [0.1, 0.15) is 59.3 Å². The Balaban J connectivity index is 1.51. The summed E-state index contributed by atoms with van der Waals surface area (Å²) in [4.78, 5) is 14.1. The SMILES string of the molecule is CC(C)(C)OC(=O)N1CCC2=CC(NCC3(O)CCC3)CCC2C1. The van der Waals surface area contributed by atoms with E-state index in [2.05, 4.69) is 11.4 Å². The van der Waals surface area contributed by atoms with Gasteiger partial charge in [-0.05, 0) is 65.2 Å². The Morgan fingerprint density at radius 2 is 2.17 bits per heavy atom. The highest BCUT2D eigenvalue weighted by atomic mass is 16.6. The van der Waals surface area contributed by atoms with Crippen molar-refractivity contribution in [2.45, 2.75) is 76.5 Å². The fourth-order valence-electron chi connectivity index (χ4n) is 3.90. The molecule has 0 radical (unpaired) electrons. The summed E-state index contributed by atoms with van der Waals surface area (Å²) in [6.07, 6.45) is 8.27. The molecule has 2 atom stereocenters. The van der Waals surface area contributed by atoms with Gasteiger partial charge in [0.15, 0.2) is 0 Å². The van der Waals surface area contributed by atoms with E-state index in [9.17, 15) is 9.90 Å². The lowest BCUT2D eigenvalue weighted by molar-refractivity contribution is -0.0327. The minimum Gasteiger partial charge on any atom is -0.444 e. The summed E-state index contributed by atoms with van der Waals surface area (Å²) in [5.41, 5.74) is 0.575. The van der Waals surface area contributed by atoms with Crippen molar-refractivity contribution in [3.05, 3.63) is 11.6 Å². The van der Waals surface area contributed by atoms with Crippen molar-refractivity contribution in [1.29, 1.82) is 0 Å². The fourth-order valence-corrected chi connectivity index (χ4v) is 3.90. The van der Waals surface area contributed by atoms with E-state index in [1.165, 1.54) is 5.57 Å². The quantitative estimate of drug-likeness (QED) is 0.778. The number of carbonyl (C=O) groups excluding carboxylic acids is 1. The highest BCUT2D eigenvalue weighted by Crippen LogP contribution is 2.34. The maximum atomic E-state index is 12.2. The summed E-state index contributed by atoms with van der Waals surface area (Å²) in [5, 5.41) is 13.8. The lowest BCUT2D eigenvalue weighted by Crippen LogP contribution is -2.50. The largest absolute Gasteiger partial charge is 0.444 e. The Kier molecular flexibility index (Phi) is 4.94. The number of amides is 1. The summed E-state index contributed by atoms with van der Waals surface area (Å²) >= 11 is 0. The third-order valence-corrected chi connectivity index (χ3v) is 5.51. The van der Waals surface area contributed by atoms with Crippen LogP contribution in [-0.2, 0) is 4.74 Å². The Hall–Kier alpha value is -1.07. The van der Waals surface area contributed by atoms with E-state index in [0.717, 1.165) is 51.6 Å². The zero-order valence-corrected chi connectivity index (χ0v) is 15.3. The average molecular weight is 336 g/mol. The lowest BCUT2D eigenvalue weighted by atomic mass is 9.79. The third-order valence-electron chi connectivity index (χ3n) is 5.51. The first-order valence-corrected chi connectivity index (χ1v) is 9.38. The summed E-state index contributed by atoms with van der Waals surface area (Å²) in [6, 6.07) is 0.369. The topological polar surface area (TPSA) is 61.8 Å². The molecule has 136 valence electrons. The summed E-state index contributed by atoms with van der Waals surface area (Å²) in [7, 11) is 0. The minimum atomic E-state index is -0.463. The van der Waals surface area contributed by atoms with Crippen LogP contribution in [0.5, 0.6) is 0 Å². The molecule has 2 unspecified atom stereocenters. The summed E-state index contributed by atoms with van der Waals surface area (Å²) in [5.74, 6) is 0.469. The number of piperidine rings is 1. The second-order valence-corrected chi connectivity index (χ2v) is 8.76. The van der Waals surface area contributed by atoms with Crippen molar-refractivity contribution >= 4 is 6.09 Å². The van der Waals surface area contributed by atoms with Crippen LogP contribution in [0.2, 0.25) is 0 Å². The second-order valence-electron chi connectivity index (χ2n) is 8.76. The van der Waals surface area contributed by atoms with Crippen LogP contribution in [0.25, 0.3) is 0 Å². The monoisotopic (exact) mass is 336 g/mol. The Morgan fingerprint density at radius 3 is 2.79 bits per heavy atom. The van der Waals surface area contributed by atoms with E-state index in [0.29, 0.717) is 18.5 Å². The predicted octanol–water partition coefficient (Wildman–Crippen LogP) is 2.84. The van der Waals surface area contributed by atoms with Gasteiger partial charge in [0.05, 0.1) is 5.60 Å². The number of nitrogens with one attached hydrogen (secondary N) is 1. The number of ether oxygens (including phenoxy) is 1. The van der Waals surface area contributed by atoms with Crippen molar-refractivity contribution < 1.29 is 14.6 Å². The number of likely N-dealkylation sites (tertiary alicyclic amines) is 1. The van der Waals surface area contributed by atoms with Crippen LogP contribution in [0.4, 0.5) is 4.79 Å². The predicted molar refractivity (Wildman–Crippen MR) is 93.8 cm³/mol. The number of aliphatic hydroxyl groups is 1. The maximum absolute atomic E-state index is 12.2. The van der Waals surface area contributed by atoms with Gasteiger partial charge in [-0.3, -0.25) is 0 Å². The molecule has 0 aromatic carbocycles. The molecule has 0 bridgehead atoms. The number of rotatable bonds is 3. The van der Waals surface area contributed by atoms with E-state index in [4.69, 9.17) is 4.74 Å². The molecule has 2 N–H and O–H groups in total. The molecule has 1 saturated heterocycles. The molecular weight excluding hydrogens is 304 g/mol. The number of nitrogens with zero attached hydrogens (tertiary/aromatic N) is 1. The van der Waals surface area contributed by atoms with Crippen molar-refractivity contribution in [1.82, 2.24) is 10.2 Å². The molecule has 0 aromatic heterocycles. The van der Waals surface area contributed by atoms with Crippen molar-refractivity contribution in [3.63, 3.8) is 0 Å². The van der Waals surface area contributed by atoms with Gasteiger partial charge in [-0.15, -0.1) is 0 Å². The molecule has 5 nitrogen and oxygen atoms in total. The standard InChI is InChI=1S/C19H32N2O3/c1-18(2,3)24-17(22)21-10-7-14-11-16(6-5-15(14)12-21)20-13-19(23)8-4-9-19/h11,15-16,20,23H,4-10,12-13H2,1-3H3. The van der Waals surface area contributed by atoms with Gasteiger partial charge in [0.2, 0.25) is 0 Å². The van der Waals surface area contributed by atoms with Gasteiger partial charge in [-0.1, -0.05) is 11.6 Å². The molecule has 2 fully saturated rings. The van der Waals surface area contributed by atoms with Crippen LogP contribution in [0.15, 0.2) is 11.6 Å². The molecule has 0 spiro atoms. The Morgan fingerprint density at radius 1 is 1.42 bits per heavy atom. The summed E-state index contributed by atoms with van der Waals surface area (Å²) in [6.45, 7) is 7.95. The molecule has 1 amide bonds. The first-order chi connectivity index (χ1) is 11.2. The van der Waals surface area contributed by atoms with E-state index in [1.807, 2.05) is 25.7 Å². The fraction of sp³-hybridized carbons (Fsp3) is 0.842. The first kappa shape index (κ1) is 17.7. The Labute approximate surface area is 145 Å². The van der Waals surface area contributed by atoms with Crippen molar-refractivity contribution in [2.24, 2.45) is 5.92 Å².